The third-order valence-corrected chi connectivity index (χ3v) is 4.07. The van der Waals surface area contributed by atoms with E-state index in [1.54, 1.807) is 0 Å². The van der Waals surface area contributed by atoms with Crippen molar-refractivity contribution in [2.45, 2.75) is 51.4 Å². The van der Waals surface area contributed by atoms with Crippen LogP contribution in [-0.4, -0.2) is 13.1 Å². The molecule has 1 heteroatoms. The Balaban J connectivity index is 1.43. The maximum atomic E-state index is 3.75. The predicted molar refractivity (Wildman–Crippen MR) is 65.9 cm³/mol. The van der Waals surface area contributed by atoms with Crippen LogP contribution >= 0.6 is 0 Å². The molecule has 2 fully saturated rings. The minimum atomic E-state index is 0.779. The molecule has 86 valence electrons. The summed E-state index contributed by atoms with van der Waals surface area (Å²) in [4.78, 5) is 0. The Morgan fingerprint density at radius 1 is 1.20 bits per heavy atom. The van der Waals surface area contributed by atoms with Crippen LogP contribution in [0, 0.1) is 11.3 Å². The quantitative estimate of drug-likeness (QED) is 0.450. The Morgan fingerprint density at radius 2 is 2.00 bits per heavy atom. The fraction of sp³-hybridized carbons (Fsp3) is 0.857. The van der Waals surface area contributed by atoms with Gasteiger partial charge in [0.25, 0.3) is 0 Å². The highest BCUT2D eigenvalue weighted by molar-refractivity contribution is 5.04. The smallest absolute Gasteiger partial charge is 0.00105 e. The first-order valence-corrected chi connectivity index (χ1v) is 6.69. The molecule has 2 rings (SSSR count). The van der Waals surface area contributed by atoms with E-state index in [2.05, 4.69) is 11.9 Å². The van der Waals surface area contributed by atoms with Crippen molar-refractivity contribution in [2.75, 3.05) is 13.1 Å². The maximum absolute atomic E-state index is 3.75. The largest absolute Gasteiger partial charge is 0.316 e. The highest BCUT2D eigenvalue weighted by Gasteiger charge is 2.52. The lowest BCUT2D eigenvalue weighted by molar-refractivity contribution is 0.401. The molecule has 15 heavy (non-hydrogen) atoms. The molecule has 0 aromatic carbocycles. The van der Waals surface area contributed by atoms with Crippen LogP contribution < -0.4 is 5.32 Å². The SMILES string of the molecule is C=CCCCCCNCC1(C2CC2)CC1. The molecular weight excluding hydrogens is 182 g/mol. The molecule has 0 unspecified atom stereocenters. The van der Waals surface area contributed by atoms with Gasteiger partial charge in [-0.25, -0.2) is 0 Å². The second-order valence-corrected chi connectivity index (χ2v) is 5.45. The molecule has 2 aliphatic carbocycles. The summed E-state index contributed by atoms with van der Waals surface area (Å²) in [5.41, 5.74) is 0.779. The summed E-state index contributed by atoms with van der Waals surface area (Å²) in [5, 5.41) is 3.66. The lowest BCUT2D eigenvalue weighted by Gasteiger charge is -2.14. The molecule has 0 bridgehead atoms. The van der Waals surface area contributed by atoms with Crippen LogP contribution in [-0.2, 0) is 0 Å². The minimum absolute atomic E-state index is 0.779. The number of unbranched alkanes of at least 4 members (excludes halogenated alkanes) is 3. The number of allylic oxidation sites excluding steroid dienone is 1. The van der Waals surface area contributed by atoms with Gasteiger partial charge in [-0.05, 0) is 62.8 Å². The molecule has 1 nitrogen and oxygen atoms in total. The van der Waals surface area contributed by atoms with Gasteiger partial charge < -0.3 is 5.32 Å². The summed E-state index contributed by atoms with van der Waals surface area (Å²) in [6.07, 6.45) is 13.3. The number of nitrogens with one attached hydrogen (secondary N) is 1. The van der Waals surface area contributed by atoms with Crippen LogP contribution in [0.25, 0.3) is 0 Å². The van der Waals surface area contributed by atoms with Crippen molar-refractivity contribution < 1.29 is 0 Å². The third kappa shape index (κ3) is 3.34. The summed E-state index contributed by atoms with van der Waals surface area (Å²) >= 11 is 0. The molecule has 0 amide bonds. The molecular formula is C14H25N. The van der Waals surface area contributed by atoms with Gasteiger partial charge >= 0.3 is 0 Å². The Kier molecular flexibility index (Phi) is 3.85. The van der Waals surface area contributed by atoms with E-state index in [1.807, 2.05) is 6.08 Å². The summed E-state index contributed by atoms with van der Waals surface area (Å²) in [6.45, 7) is 6.28. The average molecular weight is 207 g/mol. The number of hydrogen-bond acceptors (Lipinski definition) is 1. The fourth-order valence-corrected chi connectivity index (χ4v) is 2.64. The Bertz CT molecular complexity index is 201. The van der Waals surface area contributed by atoms with Crippen LogP contribution in [0.5, 0.6) is 0 Å². The minimum Gasteiger partial charge on any atom is -0.316 e. The normalized spacial score (nSPS) is 22.7. The fourth-order valence-electron chi connectivity index (χ4n) is 2.64. The van der Waals surface area contributed by atoms with Crippen molar-refractivity contribution in [3.63, 3.8) is 0 Å². The highest BCUT2D eigenvalue weighted by Crippen LogP contribution is 2.60. The molecule has 1 N–H and O–H groups in total. The molecule has 0 saturated heterocycles. The summed E-state index contributed by atoms with van der Waals surface area (Å²) in [5.74, 6) is 1.10. The van der Waals surface area contributed by atoms with Crippen molar-refractivity contribution in [3.8, 4) is 0 Å². The topological polar surface area (TPSA) is 12.0 Å². The van der Waals surface area contributed by atoms with Gasteiger partial charge in [-0.3, -0.25) is 0 Å². The maximum Gasteiger partial charge on any atom is 0.00105 e. The van der Waals surface area contributed by atoms with Gasteiger partial charge in [0.05, 0.1) is 0 Å². The van der Waals surface area contributed by atoms with Crippen LogP contribution in [0.3, 0.4) is 0 Å². The van der Waals surface area contributed by atoms with E-state index in [-0.39, 0.29) is 0 Å². The van der Waals surface area contributed by atoms with E-state index in [0.717, 1.165) is 11.3 Å². The molecule has 0 radical (unpaired) electrons. The molecule has 0 heterocycles. The van der Waals surface area contributed by atoms with Crippen molar-refractivity contribution in [1.29, 1.82) is 0 Å². The van der Waals surface area contributed by atoms with E-state index in [1.165, 1.54) is 64.5 Å². The van der Waals surface area contributed by atoms with Crippen LogP contribution in [0.1, 0.15) is 51.4 Å². The molecule has 0 aliphatic heterocycles. The average Bonchev–Trinajstić information content (AvgIpc) is 3.08. The molecule has 0 atom stereocenters. The second-order valence-electron chi connectivity index (χ2n) is 5.45. The van der Waals surface area contributed by atoms with E-state index in [9.17, 15) is 0 Å². The van der Waals surface area contributed by atoms with Gasteiger partial charge in [-0.1, -0.05) is 12.5 Å². The van der Waals surface area contributed by atoms with E-state index < -0.39 is 0 Å². The van der Waals surface area contributed by atoms with Gasteiger partial charge in [-0.15, -0.1) is 6.58 Å². The lowest BCUT2D eigenvalue weighted by Crippen LogP contribution is -2.26. The van der Waals surface area contributed by atoms with Crippen molar-refractivity contribution in [3.05, 3.63) is 12.7 Å². The zero-order valence-corrected chi connectivity index (χ0v) is 9.93. The Labute approximate surface area is 94.3 Å². The van der Waals surface area contributed by atoms with E-state index in [0.29, 0.717) is 0 Å². The van der Waals surface area contributed by atoms with Gasteiger partial charge in [-0.2, -0.15) is 0 Å². The van der Waals surface area contributed by atoms with Crippen molar-refractivity contribution in [1.82, 2.24) is 5.32 Å². The zero-order valence-electron chi connectivity index (χ0n) is 9.93. The Morgan fingerprint density at radius 3 is 2.60 bits per heavy atom. The predicted octanol–water partition coefficient (Wildman–Crippen LogP) is 3.51. The van der Waals surface area contributed by atoms with Gasteiger partial charge in [0.2, 0.25) is 0 Å². The molecule has 0 aromatic heterocycles. The molecule has 2 aliphatic rings. The lowest BCUT2D eigenvalue weighted by atomic mass is 10.0. The standard InChI is InChI=1S/C14H25N/c1-2-3-4-5-6-11-15-12-14(9-10-14)13-7-8-13/h2,13,15H,1,3-12H2. The first-order valence-electron chi connectivity index (χ1n) is 6.69. The van der Waals surface area contributed by atoms with Crippen LogP contribution in [0.4, 0.5) is 0 Å². The summed E-state index contributed by atoms with van der Waals surface area (Å²) in [7, 11) is 0. The van der Waals surface area contributed by atoms with E-state index in [4.69, 9.17) is 0 Å². The molecule has 0 spiro atoms. The number of hydrogen-bond donors (Lipinski definition) is 1. The molecule has 0 aromatic rings. The first kappa shape index (κ1) is 11.2. The summed E-state index contributed by atoms with van der Waals surface area (Å²) < 4.78 is 0. The van der Waals surface area contributed by atoms with Gasteiger partial charge in [0.15, 0.2) is 0 Å². The van der Waals surface area contributed by atoms with Gasteiger partial charge in [0, 0.05) is 6.54 Å². The number of rotatable bonds is 9. The van der Waals surface area contributed by atoms with Crippen LogP contribution in [0.2, 0.25) is 0 Å². The highest BCUT2D eigenvalue weighted by atomic mass is 14.9. The summed E-state index contributed by atoms with van der Waals surface area (Å²) in [6, 6.07) is 0. The van der Waals surface area contributed by atoms with E-state index >= 15 is 0 Å². The molecule has 2 saturated carbocycles. The zero-order chi connectivity index (χ0) is 10.6. The van der Waals surface area contributed by atoms with Crippen molar-refractivity contribution in [2.24, 2.45) is 11.3 Å². The Hall–Kier alpha value is -0.300. The van der Waals surface area contributed by atoms with Crippen molar-refractivity contribution >= 4 is 0 Å². The van der Waals surface area contributed by atoms with Gasteiger partial charge in [0.1, 0.15) is 0 Å². The second kappa shape index (κ2) is 5.16. The monoisotopic (exact) mass is 207 g/mol. The van der Waals surface area contributed by atoms with Crippen LogP contribution in [0.15, 0.2) is 12.7 Å². The third-order valence-electron chi connectivity index (χ3n) is 4.07. The first-order chi connectivity index (χ1) is 7.37.